The first kappa shape index (κ1) is 11.2. The maximum Gasteiger partial charge on any atom is 0.166 e. The van der Waals surface area contributed by atoms with Gasteiger partial charge in [0, 0.05) is 17.8 Å². The summed E-state index contributed by atoms with van der Waals surface area (Å²) in [5.74, 6) is -1.52. The average Bonchev–Trinajstić information content (AvgIpc) is 2.83. The van der Waals surface area contributed by atoms with Crippen molar-refractivity contribution in [3.63, 3.8) is 0 Å². The van der Waals surface area contributed by atoms with Crippen LogP contribution in [0.2, 0.25) is 0 Å². The Morgan fingerprint density at radius 1 is 1.06 bits per heavy atom. The van der Waals surface area contributed by atoms with E-state index < -0.39 is 11.6 Å². The normalized spacial score (nSPS) is 13.3. The quantitative estimate of drug-likeness (QED) is 0.803. The van der Waals surface area contributed by atoms with Gasteiger partial charge in [-0.15, -0.1) is 0 Å². The van der Waals surface area contributed by atoms with Gasteiger partial charge in [0.15, 0.2) is 11.6 Å². The lowest BCUT2D eigenvalue weighted by Gasteiger charge is -2.08. The fraction of sp³-hybridized carbons (Fsp3) is 0.200. The highest BCUT2D eigenvalue weighted by Gasteiger charge is 2.15. The van der Waals surface area contributed by atoms with E-state index in [2.05, 4.69) is 5.32 Å². The van der Waals surface area contributed by atoms with Gasteiger partial charge in [0.25, 0.3) is 0 Å². The standard InChI is InChI=1S/C15H13F2N/c1-9-2-4-12(15(17)14(9)16)10-3-5-13-11(8-10)6-7-18-13/h2-5,8,18H,6-7H2,1H3. The molecule has 0 saturated carbocycles. The monoisotopic (exact) mass is 245 g/mol. The smallest absolute Gasteiger partial charge is 0.166 e. The Balaban J connectivity index is 2.13. The van der Waals surface area contributed by atoms with E-state index in [1.807, 2.05) is 18.2 Å². The minimum Gasteiger partial charge on any atom is -0.384 e. The van der Waals surface area contributed by atoms with Crippen molar-refractivity contribution in [1.29, 1.82) is 0 Å². The molecule has 1 aliphatic heterocycles. The maximum absolute atomic E-state index is 13.9. The predicted octanol–water partition coefficient (Wildman–Crippen LogP) is 3.91. The van der Waals surface area contributed by atoms with Gasteiger partial charge in [0.05, 0.1) is 0 Å². The van der Waals surface area contributed by atoms with E-state index in [9.17, 15) is 8.78 Å². The van der Waals surface area contributed by atoms with Gasteiger partial charge in [-0.05, 0) is 42.2 Å². The minimum absolute atomic E-state index is 0.327. The molecule has 1 heterocycles. The Morgan fingerprint density at radius 3 is 2.72 bits per heavy atom. The summed E-state index contributed by atoms with van der Waals surface area (Å²) in [6.45, 7) is 2.47. The molecular weight excluding hydrogens is 232 g/mol. The van der Waals surface area contributed by atoms with Crippen LogP contribution < -0.4 is 5.32 Å². The number of halogens is 2. The van der Waals surface area contributed by atoms with Crippen LogP contribution in [0.15, 0.2) is 30.3 Å². The lowest BCUT2D eigenvalue weighted by molar-refractivity contribution is 0.505. The fourth-order valence-corrected chi connectivity index (χ4v) is 2.34. The Labute approximate surface area is 104 Å². The van der Waals surface area contributed by atoms with Gasteiger partial charge in [0.2, 0.25) is 0 Å². The molecule has 1 aliphatic rings. The van der Waals surface area contributed by atoms with Crippen molar-refractivity contribution in [2.45, 2.75) is 13.3 Å². The van der Waals surface area contributed by atoms with Gasteiger partial charge in [-0.3, -0.25) is 0 Å². The molecule has 0 amide bonds. The lowest BCUT2D eigenvalue weighted by atomic mass is 10.00. The summed E-state index contributed by atoms with van der Waals surface area (Å²) in [5, 5.41) is 3.25. The fourth-order valence-electron chi connectivity index (χ4n) is 2.34. The van der Waals surface area contributed by atoms with Gasteiger partial charge < -0.3 is 5.32 Å². The van der Waals surface area contributed by atoms with E-state index in [-0.39, 0.29) is 0 Å². The minimum atomic E-state index is -0.763. The highest BCUT2D eigenvalue weighted by Crippen LogP contribution is 2.31. The summed E-state index contributed by atoms with van der Waals surface area (Å²) < 4.78 is 27.5. The Morgan fingerprint density at radius 2 is 1.89 bits per heavy atom. The molecular formula is C15H13F2N. The van der Waals surface area contributed by atoms with E-state index in [4.69, 9.17) is 0 Å². The molecule has 0 aliphatic carbocycles. The van der Waals surface area contributed by atoms with Gasteiger partial charge in [-0.25, -0.2) is 8.78 Å². The predicted molar refractivity (Wildman–Crippen MR) is 68.7 cm³/mol. The SMILES string of the molecule is Cc1ccc(-c2ccc3c(c2)CCN3)c(F)c1F. The second kappa shape index (κ2) is 4.09. The number of nitrogens with one attached hydrogen (secondary N) is 1. The zero-order valence-electron chi connectivity index (χ0n) is 10.1. The molecule has 2 aromatic carbocycles. The van der Waals surface area contributed by atoms with Gasteiger partial charge in [0.1, 0.15) is 0 Å². The van der Waals surface area contributed by atoms with Crippen LogP contribution in [0.5, 0.6) is 0 Å². The molecule has 0 saturated heterocycles. The van der Waals surface area contributed by atoms with Crippen molar-refractivity contribution in [2.75, 3.05) is 11.9 Å². The third-order valence-electron chi connectivity index (χ3n) is 3.40. The number of hydrogen-bond donors (Lipinski definition) is 1. The summed E-state index contributed by atoms with van der Waals surface area (Å²) in [7, 11) is 0. The number of fused-ring (bicyclic) bond motifs is 1. The van der Waals surface area contributed by atoms with Gasteiger partial charge in [-0.1, -0.05) is 18.2 Å². The molecule has 92 valence electrons. The number of benzene rings is 2. The summed E-state index contributed by atoms with van der Waals surface area (Å²) in [5.41, 5.74) is 3.64. The maximum atomic E-state index is 13.9. The molecule has 1 N–H and O–H groups in total. The molecule has 3 rings (SSSR count). The molecule has 2 aromatic rings. The van der Waals surface area contributed by atoms with Gasteiger partial charge in [-0.2, -0.15) is 0 Å². The van der Waals surface area contributed by atoms with Crippen molar-refractivity contribution in [1.82, 2.24) is 0 Å². The topological polar surface area (TPSA) is 12.0 Å². The van der Waals surface area contributed by atoms with E-state index in [0.717, 1.165) is 29.8 Å². The first-order valence-corrected chi connectivity index (χ1v) is 5.98. The van der Waals surface area contributed by atoms with Crippen LogP contribution in [0.3, 0.4) is 0 Å². The van der Waals surface area contributed by atoms with Crippen LogP contribution >= 0.6 is 0 Å². The van der Waals surface area contributed by atoms with Crippen LogP contribution in [-0.4, -0.2) is 6.54 Å². The van der Waals surface area contributed by atoms with E-state index in [0.29, 0.717) is 11.1 Å². The molecule has 0 spiro atoms. The Hall–Kier alpha value is -1.90. The zero-order valence-corrected chi connectivity index (χ0v) is 10.1. The van der Waals surface area contributed by atoms with E-state index >= 15 is 0 Å². The number of anilines is 1. The molecule has 3 heteroatoms. The number of aryl methyl sites for hydroxylation is 1. The van der Waals surface area contributed by atoms with Crippen LogP contribution in [0.25, 0.3) is 11.1 Å². The molecule has 0 radical (unpaired) electrons. The molecule has 1 nitrogen and oxygen atoms in total. The molecule has 0 atom stereocenters. The average molecular weight is 245 g/mol. The highest BCUT2D eigenvalue weighted by molar-refractivity contribution is 5.70. The number of rotatable bonds is 1. The second-order valence-electron chi connectivity index (χ2n) is 4.61. The van der Waals surface area contributed by atoms with Crippen LogP contribution in [0.1, 0.15) is 11.1 Å². The first-order valence-electron chi connectivity index (χ1n) is 5.98. The third-order valence-corrected chi connectivity index (χ3v) is 3.40. The highest BCUT2D eigenvalue weighted by atomic mass is 19.2. The van der Waals surface area contributed by atoms with E-state index in [1.54, 1.807) is 19.1 Å². The Bertz CT molecular complexity index is 620. The summed E-state index contributed by atoms with van der Waals surface area (Å²) in [4.78, 5) is 0. The summed E-state index contributed by atoms with van der Waals surface area (Å²) in [6, 6.07) is 8.93. The lowest BCUT2D eigenvalue weighted by Crippen LogP contribution is -1.93. The first-order chi connectivity index (χ1) is 8.66. The summed E-state index contributed by atoms with van der Waals surface area (Å²) in [6.07, 6.45) is 0.930. The number of hydrogen-bond acceptors (Lipinski definition) is 1. The van der Waals surface area contributed by atoms with E-state index in [1.165, 1.54) is 0 Å². The van der Waals surface area contributed by atoms with Crippen LogP contribution in [-0.2, 0) is 6.42 Å². The zero-order chi connectivity index (χ0) is 12.7. The van der Waals surface area contributed by atoms with Crippen molar-refractivity contribution in [2.24, 2.45) is 0 Å². The Kier molecular flexibility index (Phi) is 2.54. The van der Waals surface area contributed by atoms with Crippen molar-refractivity contribution >= 4 is 5.69 Å². The van der Waals surface area contributed by atoms with Crippen molar-refractivity contribution < 1.29 is 8.78 Å². The third kappa shape index (κ3) is 1.67. The van der Waals surface area contributed by atoms with Crippen LogP contribution in [0.4, 0.5) is 14.5 Å². The molecule has 0 unspecified atom stereocenters. The largest absolute Gasteiger partial charge is 0.384 e. The molecule has 0 bridgehead atoms. The van der Waals surface area contributed by atoms with Crippen LogP contribution in [0, 0.1) is 18.6 Å². The van der Waals surface area contributed by atoms with Crippen molar-refractivity contribution in [3.05, 3.63) is 53.1 Å². The van der Waals surface area contributed by atoms with Crippen molar-refractivity contribution in [3.8, 4) is 11.1 Å². The molecule has 0 aromatic heterocycles. The van der Waals surface area contributed by atoms with Gasteiger partial charge >= 0.3 is 0 Å². The summed E-state index contributed by atoms with van der Waals surface area (Å²) >= 11 is 0. The molecule has 0 fully saturated rings. The molecule has 18 heavy (non-hydrogen) atoms. The second-order valence-corrected chi connectivity index (χ2v) is 4.61.